The molecule has 1 aromatic carbocycles. The van der Waals surface area contributed by atoms with E-state index in [4.69, 9.17) is 0 Å². The molecule has 1 N–H and O–H groups in total. The first kappa shape index (κ1) is 16.1. The minimum atomic E-state index is -0.114. The maximum Gasteiger partial charge on any atom is 0.274 e. The summed E-state index contributed by atoms with van der Waals surface area (Å²) < 4.78 is 0. The minimum absolute atomic E-state index is 0.0464. The number of carbonyl (C=O) groups excluding carboxylic acids is 2. The van der Waals surface area contributed by atoms with Gasteiger partial charge in [0.1, 0.15) is 5.69 Å². The standard InChI is InChI=1S/C17H19N5O2/c23-16(20-14-4-2-1-3-5-14)13-21-8-10-22(11-9-21)17(24)15-12-18-6-7-19-15/h1-7,12H,8-11,13H2,(H,20,23). The summed E-state index contributed by atoms with van der Waals surface area (Å²) in [6.07, 6.45) is 4.53. The second kappa shape index (κ2) is 7.65. The van der Waals surface area contributed by atoms with Crippen LogP contribution in [0.4, 0.5) is 5.69 Å². The molecule has 124 valence electrons. The summed E-state index contributed by atoms with van der Waals surface area (Å²) in [7, 11) is 0. The van der Waals surface area contributed by atoms with E-state index in [0.717, 1.165) is 5.69 Å². The number of aromatic nitrogens is 2. The van der Waals surface area contributed by atoms with Crippen molar-refractivity contribution in [2.75, 3.05) is 38.0 Å². The van der Waals surface area contributed by atoms with Crippen molar-refractivity contribution in [2.24, 2.45) is 0 Å². The van der Waals surface area contributed by atoms with Crippen LogP contribution in [-0.4, -0.2) is 64.3 Å². The molecule has 3 rings (SSSR count). The third-order valence-electron chi connectivity index (χ3n) is 3.87. The van der Waals surface area contributed by atoms with Gasteiger partial charge in [-0.3, -0.25) is 19.5 Å². The van der Waals surface area contributed by atoms with Crippen molar-refractivity contribution in [3.8, 4) is 0 Å². The molecule has 1 aliphatic rings. The topological polar surface area (TPSA) is 78.4 Å². The van der Waals surface area contributed by atoms with E-state index in [1.807, 2.05) is 35.2 Å². The summed E-state index contributed by atoms with van der Waals surface area (Å²) in [6, 6.07) is 9.38. The Morgan fingerprint density at radius 2 is 1.79 bits per heavy atom. The maximum absolute atomic E-state index is 12.3. The predicted molar refractivity (Wildman–Crippen MR) is 89.4 cm³/mol. The lowest BCUT2D eigenvalue weighted by Crippen LogP contribution is -2.50. The summed E-state index contributed by atoms with van der Waals surface area (Å²) in [5.74, 6) is -0.161. The molecule has 7 nitrogen and oxygen atoms in total. The second-order valence-electron chi connectivity index (χ2n) is 5.57. The molecule has 0 aliphatic carbocycles. The molecule has 7 heteroatoms. The molecule has 1 aliphatic heterocycles. The number of benzene rings is 1. The summed E-state index contributed by atoms with van der Waals surface area (Å²) in [6.45, 7) is 2.80. The molecule has 24 heavy (non-hydrogen) atoms. The Labute approximate surface area is 140 Å². The van der Waals surface area contributed by atoms with Crippen LogP contribution >= 0.6 is 0 Å². The van der Waals surface area contributed by atoms with Crippen LogP contribution in [-0.2, 0) is 4.79 Å². The van der Waals surface area contributed by atoms with Gasteiger partial charge in [0, 0.05) is 44.3 Å². The van der Waals surface area contributed by atoms with Crippen LogP contribution in [0, 0.1) is 0 Å². The monoisotopic (exact) mass is 325 g/mol. The molecule has 0 saturated carbocycles. The summed E-state index contributed by atoms with van der Waals surface area (Å²) in [4.78, 5) is 36.1. The number of hydrogen-bond donors (Lipinski definition) is 1. The highest BCUT2D eigenvalue weighted by Crippen LogP contribution is 2.08. The van der Waals surface area contributed by atoms with Gasteiger partial charge in [-0.05, 0) is 12.1 Å². The zero-order valence-electron chi connectivity index (χ0n) is 13.3. The van der Waals surface area contributed by atoms with Gasteiger partial charge in [0.05, 0.1) is 12.7 Å². The highest BCUT2D eigenvalue weighted by molar-refractivity contribution is 5.93. The van der Waals surface area contributed by atoms with Gasteiger partial charge in [-0.2, -0.15) is 0 Å². The maximum atomic E-state index is 12.3. The first-order chi connectivity index (χ1) is 11.7. The largest absolute Gasteiger partial charge is 0.335 e. The smallest absolute Gasteiger partial charge is 0.274 e. The van der Waals surface area contributed by atoms with E-state index in [1.165, 1.54) is 12.4 Å². The molecule has 2 aromatic rings. The molecular formula is C17H19N5O2. The number of nitrogens with zero attached hydrogens (tertiary/aromatic N) is 4. The number of hydrogen-bond acceptors (Lipinski definition) is 5. The van der Waals surface area contributed by atoms with E-state index in [9.17, 15) is 9.59 Å². The number of rotatable bonds is 4. The van der Waals surface area contributed by atoms with Crippen LogP contribution < -0.4 is 5.32 Å². The van der Waals surface area contributed by atoms with Crippen LogP contribution in [0.15, 0.2) is 48.9 Å². The number of para-hydroxylation sites is 1. The van der Waals surface area contributed by atoms with Crippen molar-refractivity contribution < 1.29 is 9.59 Å². The lowest BCUT2D eigenvalue weighted by molar-refractivity contribution is -0.117. The highest BCUT2D eigenvalue weighted by Gasteiger charge is 2.24. The SMILES string of the molecule is O=C(CN1CCN(C(=O)c2cnccn2)CC1)Nc1ccccc1. The average Bonchev–Trinajstić information content (AvgIpc) is 2.63. The van der Waals surface area contributed by atoms with E-state index in [-0.39, 0.29) is 11.8 Å². The van der Waals surface area contributed by atoms with Crippen molar-refractivity contribution in [3.63, 3.8) is 0 Å². The van der Waals surface area contributed by atoms with Crippen LogP contribution in [0.3, 0.4) is 0 Å². The minimum Gasteiger partial charge on any atom is -0.335 e. The molecule has 0 radical (unpaired) electrons. The molecule has 0 atom stereocenters. The fourth-order valence-electron chi connectivity index (χ4n) is 2.61. The second-order valence-corrected chi connectivity index (χ2v) is 5.57. The van der Waals surface area contributed by atoms with E-state index in [2.05, 4.69) is 15.3 Å². The van der Waals surface area contributed by atoms with Crippen LogP contribution in [0.5, 0.6) is 0 Å². The Hall–Kier alpha value is -2.80. The predicted octanol–water partition coefficient (Wildman–Crippen LogP) is 0.873. The van der Waals surface area contributed by atoms with Crippen LogP contribution in [0.1, 0.15) is 10.5 Å². The molecule has 1 fully saturated rings. The summed E-state index contributed by atoms with van der Waals surface area (Å²) in [5, 5.41) is 2.87. The van der Waals surface area contributed by atoms with Crippen LogP contribution in [0.2, 0.25) is 0 Å². The van der Waals surface area contributed by atoms with Gasteiger partial charge in [-0.25, -0.2) is 4.98 Å². The number of carbonyl (C=O) groups is 2. The van der Waals surface area contributed by atoms with E-state index in [1.54, 1.807) is 11.1 Å². The van der Waals surface area contributed by atoms with Crippen molar-refractivity contribution in [1.29, 1.82) is 0 Å². The van der Waals surface area contributed by atoms with E-state index in [0.29, 0.717) is 38.4 Å². The lowest BCUT2D eigenvalue weighted by Gasteiger charge is -2.34. The van der Waals surface area contributed by atoms with Gasteiger partial charge >= 0.3 is 0 Å². The van der Waals surface area contributed by atoms with Gasteiger partial charge in [-0.1, -0.05) is 18.2 Å². The molecule has 2 heterocycles. The third-order valence-corrected chi connectivity index (χ3v) is 3.87. The molecule has 2 amide bonds. The van der Waals surface area contributed by atoms with Crippen molar-refractivity contribution in [3.05, 3.63) is 54.6 Å². The van der Waals surface area contributed by atoms with E-state index < -0.39 is 0 Å². The first-order valence-electron chi connectivity index (χ1n) is 7.85. The molecule has 0 bridgehead atoms. The van der Waals surface area contributed by atoms with Crippen LogP contribution in [0.25, 0.3) is 0 Å². The number of amides is 2. The van der Waals surface area contributed by atoms with Crippen molar-refractivity contribution in [1.82, 2.24) is 19.8 Å². The Morgan fingerprint density at radius 3 is 2.46 bits per heavy atom. The number of anilines is 1. The highest BCUT2D eigenvalue weighted by atomic mass is 16.2. The Morgan fingerprint density at radius 1 is 1.04 bits per heavy atom. The number of piperazine rings is 1. The quantitative estimate of drug-likeness (QED) is 0.902. The van der Waals surface area contributed by atoms with Gasteiger partial charge in [0.25, 0.3) is 5.91 Å². The molecular weight excluding hydrogens is 306 g/mol. The summed E-state index contributed by atoms with van der Waals surface area (Å²) >= 11 is 0. The number of nitrogens with one attached hydrogen (secondary N) is 1. The molecule has 0 spiro atoms. The summed E-state index contributed by atoms with van der Waals surface area (Å²) in [5.41, 5.74) is 1.15. The normalized spacial score (nSPS) is 15.1. The van der Waals surface area contributed by atoms with E-state index >= 15 is 0 Å². The third kappa shape index (κ3) is 4.14. The lowest BCUT2D eigenvalue weighted by atomic mass is 10.2. The van der Waals surface area contributed by atoms with Gasteiger partial charge in [0.15, 0.2) is 0 Å². The zero-order valence-corrected chi connectivity index (χ0v) is 13.3. The van der Waals surface area contributed by atoms with Crippen molar-refractivity contribution in [2.45, 2.75) is 0 Å². The fraction of sp³-hybridized carbons (Fsp3) is 0.294. The Kier molecular flexibility index (Phi) is 5.12. The van der Waals surface area contributed by atoms with Gasteiger partial charge < -0.3 is 10.2 Å². The zero-order chi connectivity index (χ0) is 16.8. The first-order valence-corrected chi connectivity index (χ1v) is 7.85. The molecule has 1 saturated heterocycles. The van der Waals surface area contributed by atoms with Gasteiger partial charge in [0.2, 0.25) is 5.91 Å². The molecule has 0 unspecified atom stereocenters. The van der Waals surface area contributed by atoms with Crippen molar-refractivity contribution >= 4 is 17.5 Å². The molecule has 1 aromatic heterocycles. The Bertz CT molecular complexity index is 685. The Balaban J connectivity index is 1.47. The van der Waals surface area contributed by atoms with Gasteiger partial charge in [-0.15, -0.1) is 0 Å². The fourth-order valence-corrected chi connectivity index (χ4v) is 2.61. The average molecular weight is 325 g/mol.